The molecule has 0 aromatic carbocycles. The highest BCUT2D eigenvalue weighted by atomic mass is 16.4. The fraction of sp³-hybridized carbons (Fsp3) is 0.745. The minimum atomic E-state index is -1.90. The first kappa shape index (κ1) is 79.1. The summed E-state index contributed by atoms with van der Waals surface area (Å²) in [6.45, 7) is 14.2. The summed E-state index contributed by atoms with van der Waals surface area (Å²) in [6.07, 6.45) is 1.12. The predicted molar refractivity (Wildman–Crippen MR) is 326 cm³/mol. The van der Waals surface area contributed by atoms with Gasteiger partial charge in [-0.3, -0.25) is 67.5 Å². The van der Waals surface area contributed by atoms with E-state index in [1.54, 1.807) is 41.5 Å². The third kappa shape index (κ3) is 33.6. The quantitative estimate of drug-likeness (QED) is 0.0156. The van der Waals surface area contributed by atoms with Crippen molar-refractivity contribution in [3.05, 3.63) is 0 Å². The van der Waals surface area contributed by atoms with Crippen LogP contribution < -0.4 is 93.3 Å². The molecule has 0 spiro atoms. The number of carbonyl (C=O) groups excluding carboxylic acids is 11. The number of unbranched alkanes of at least 4 members (excludes halogenated alkanes) is 2. The molecule has 0 bridgehead atoms. The van der Waals surface area contributed by atoms with Crippen molar-refractivity contribution >= 4 is 82.9 Å². The van der Waals surface area contributed by atoms with Gasteiger partial charge in [-0.1, -0.05) is 67.7 Å². The van der Waals surface area contributed by atoms with Crippen molar-refractivity contribution in [2.75, 3.05) is 26.7 Å². The maximum absolute atomic E-state index is 14.3. The van der Waals surface area contributed by atoms with Crippen LogP contribution in [-0.4, -0.2) is 175 Å². The van der Waals surface area contributed by atoms with Crippen molar-refractivity contribution in [3.63, 3.8) is 0 Å². The highest BCUT2D eigenvalue weighted by Crippen LogP contribution is 2.15. The summed E-state index contributed by atoms with van der Waals surface area (Å²) >= 11 is 0. The smallest absolute Gasteiger partial charge is 0.305 e. The molecule has 87 heavy (non-hydrogen) atoms. The zero-order valence-corrected chi connectivity index (χ0v) is 52.2. The number of nitrogens with two attached hydrogens (primary N) is 7. The van der Waals surface area contributed by atoms with Gasteiger partial charge in [0.25, 0.3) is 0 Å². The van der Waals surface area contributed by atoms with Crippen LogP contribution in [0.5, 0.6) is 0 Å². The number of nitrogens with zero attached hydrogens (tertiary/aromatic N) is 2. The molecule has 32 heteroatoms. The monoisotopic (exact) mass is 1240 g/mol. The highest BCUT2D eigenvalue weighted by molar-refractivity contribution is 5.99. The van der Waals surface area contributed by atoms with Crippen LogP contribution in [0, 0.1) is 17.8 Å². The first-order valence-electron chi connectivity index (χ1n) is 29.8. The lowest BCUT2D eigenvalue weighted by molar-refractivity contribution is -0.142. The van der Waals surface area contributed by atoms with E-state index in [9.17, 15) is 62.6 Å². The summed E-state index contributed by atoms with van der Waals surface area (Å²) in [5.74, 6) is -12.2. The molecule has 0 heterocycles. The van der Waals surface area contributed by atoms with Crippen LogP contribution in [0.4, 0.5) is 0 Å². The van der Waals surface area contributed by atoms with Crippen molar-refractivity contribution in [1.82, 2.24) is 53.2 Å². The molecule has 0 aliphatic heterocycles. The Morgan fingerprint density at radius 3 is 1.16 bits per heavy atom. The molecule has 0 saturated heterocycles. The van der Waals surface area contributed by atoms with Gasteiger partial charge in [0.1, 0.15) is 54.4 Å². The van der Waals surface area contributed by atoms with Gasteiger partial charge < -0.3 is 98.4 Å². The van der Waals surface area contributed by atoms with Crippen LogP contribution in [0.3, 0.4) is 0 Å². The second kappa shape index (κ2) is 42.8. The first-order chi connectivity index (χ1) is 40.8. The van der Waals surface area contributed by atoms with E-state index >= 15 is 0 Å². The number of nitrogens with one attached hydrogen (secondary N) is 10. The Labute approximate surface area is 510 Å². The van der Waals surface area contributed by atoms with E-state index in [1.165, 1.54) is 14.0 Å². The first-order valence-corrected chi connectivity index (χ1v) is 29.8. The van der Waals surface area contributed by atoms with Gasteiger partial charge in [0.05, 0.1) is 12.5 Å². The molecule has 0 unspecified atom stereocenters. The molecule has 0 aromatic heterocycles. The maximum atomic E-state index is 14.3. The van der Waals surface area contributed by atoms with Gasteiger partial charge in [-0.15, -0.1) is 0 Å². The van der Waals surface area contributed by atoms with Gasteiger partial charge in [-0.2, -0.15) is 0 Å². The lowest BCUT2D eigenvalue weighted by atomic mass is 9.96. The van der Waals surface area contributed by atoms with Gasteiger partial charge in [0.15, 0.2) is 11.9 Å². The summed E-state index contributed by atoms with van der Waals surface area (Å²) in [5, 5.41) is 35.8. The van der Waals surface area contributed by atoms with Gasteiger partial charge >= 0.3 is 5.97 Å². The van der Waals surface area contributed by atoms with Crippen molar-refractivity contribution in [3.8, 4) is 0 Å². The summed E-state index contributed by atoms with van der Waals surface area (Å²) < 4.78 is 0. The zero-order chi connectivity index (χ0) is 66.5. The number of carbonyl (C=O) groups is 12. The molecule has 0 fully saturated rings. The summed E-state index contributed by atoms with van der Waals surface area (Å²) in [4.78, 5) is 171. The van der Waals surface area contributed by atoms with E-state index in [4.69, 9.17) is 40.1 Å². The molecule has 25 N–H and O–H groups in total. The second-order valence-electron chi connectivity index (χ2n) is 22.5. The van der Waals surface area contributed by atoms with E-state index in [0.29, 0.717) is 32.1 Å². The topological polar surface area (TPSA) is 552 Å². The molecule has 0 aromatic rings. The fourth-order valence-corrected chi connectivity index (χ4v) is 8.66. The number of amides is 11. The van der Waals surface area contributed by atoms with Crippen molar-refractivity contribution in [2.24, 2.45) is 67.9 Å². The number of likely N-dealkylation sites (N-methyl/N-ethyl adjacent to an activating group) is 1. The van der Waals surface area contributed by atoms with Gasteiger partial charge in [0.2, 0.25) is 65.0 Å². The fourth-order valence-electron chi connectivity index (χ4n) is 8.66. The number of rotatable bonds is 45. The lowest BCUT2D eigenvalue weighted by Gasteiger charge is -2.30. The Hall–Kier alpha value is -7.90. The summed E-state index contributed by atoms with van der Waals surface area (Å²) in [7, 11) is 1.39. The third-order valence-corrected chi connectivity index (χ3v) is 13.7. The van der Waals surface area contributed by atoms with Crippen LogP contribution in [0.1, 0.15) is 158 Å². The van der Waals surface area contributed by atoms with Crippen LogP contribution in [-0.2, 0) is 57.5 Å². The molecule has 0 aliphatic rings. The lowest BCUT2D eigenvalue weighted by Crippen LogP contribution is -2.61. The number of guanidine groups is 2. The molecular weight excluding hydrogens is 1130 g/mol. The number of hydrogen-bond acceptors (Lipinski definition) is 16. The van der Waals surface area contributed by atoms with E-state index in [-0.39, 0.29) is 94.8 Å². The van der Waals surface area contributed by atoms with E-state index in [1.807, 2.05) is 6.92 Å². The highest BCUT2D eigenvalue weighted by Gasteiger charge is 2.37. The van der Waals surface area contributed by atoms with E-state index in [0.717, 1.165) is 0 Å². The zero-order valence-electron chi connectivity index (χ0n) is 52.2. The largest absolute Gasteiger partial charge is 0.481 e. The normalized spacial score (nSPS) is 14.9. The molecule has 11 amide bonds. The average molecular weight is 1240 g/mol. The molecule has 32 nitrogen and oxygen atoms in total. The Morgan fingerprint density at radius 1 is 0.437 bits per heavy atom. The van der Waals surface area contributed by atoms with E-state index < -0.39 is 157 Å². The SMILES string of the molecule is CCCC[C@H](NC(=O)[C@@H](NC(=O)[C@H](CC(=O)O)NC(=O)[C@H](CCC(N)=O)NC(=O)[C@H](CC(C)C)NC(=O)[C@H](CC(C)C)NC(=O)[C@H](CCCCN)NC(=O)[C@H](CCCN=C(N)N)NC(=O)[C@H](C)N)[C@@H](C)CC)C(=O)N[C@H](CCCN=C(N)N)C(=O)NC. The number of aliphatic carboxylic acids is 1. The van der Waals surface area contributed by atoms with Gasteiger partial charge in [0, 0.05) is 26.6 Å². The third-order valence-electron chi connectivity index (χ3n) is 13.7. The standard InChI is InChI=1S/C55H103N19O13/c1-10-12-17-34(46(80)67-33(45(79)63-9)19-15-24-64-54(59)60)70-53(87)43(31(7)11-2)74-52(86)40(28-42(76)77)73-49(83)37(21-22-41(58)75)69-50(84)38(26-29(3)4)72-51(85)39(27-30(5)6)71-48(82)35(18-13-14-23-56)68-47(81)36(66-44(78)32(8)57)20-16-25-65-55(61)62/h29-40,43H,10-28,56-57H2,1-9H3,(H2,58,75)(H,63,79)(H,66,78)(H,67,80)(H,68,81)(H,69,84)(H,70,87)(H,71,82)(H,72,85)(H,73,83)(H,74,86)(H,76,77)(H4,59,60,64)(H4,61,62,65)/t31-,32-,33+,34-,35-,36-,37-,38-,39-,40-,43-/m0/s1. The van der Waals surface area contributed by atoms with Gasteiger partial charge in [-0.25, -0.2) is 0 Å². The number of hydrogen-bond donors (Lipinski definition) is 18. The molecule has 11 atom stereocenters. The predicted octanol–water partition coefficient (Wildman–Crippen LogP) is -4.25. The minimum absolute atomic E-state index is 0.0309. The van der Waals surface area contributed by atoms with Crippen molar-refractivity contribution in [2.45, 2.75) is 219 Å². The van der Waals surface area contributed by atoms with Crippen LogP contribution in [0.2, 0.25) is 0 Å². The van der Waals surface area contributed by atoms with Gasteiger partial charge in [-0.05, 0) is 102 Å². The molecule has 496 valence electrons. The average Bonchev–Trinajstić information content (AvgIpc) is 3.17. The summed E-state index contributed by atoms with van der Waals surface area (Å²) in [5.41, 5.74) is 38.7. The number of primary amides is 1. The summed E-state index contributed by atoms with van der Waals surface area (Å²) in [6, 6.07) is -13.4. The Morgan fingerprint density at radius 2 is 0.793 bits per heavy atom. The molecule has 0 aliphatic carbocycles. The number of carboxylic acid groups (broad SMARTS) is 1. The number of aliphatic imine (C=N–C) groups is 2. The second-order valence-corrected chi connectivity index (χ2v) is 22.5. The Kier molecular flexibility index (Phi) is 39.0. The maximum Gasteiger partial charge on any atom is 0.305 e. The molecular formula is C55H103N19O13. The Balaban J connectivity index is 6.95. The van der Waals surface area contributed by atoms with Crippen molar-refractivity contribution in [1.29, 1.82) is 0 Å². The molecule has 0 rings (SSSR count). The van der Waals surface area contributed by atoms with E-state index in [2.05, 4.69) is 63.2 Å². The van der Waals surface area contributed by atoms with Crippen LogP contribution in [0.15, 0.2) is 9.98 Å². The minimum Gasteiger partial charge on any atom is -0.481 e. The molecule has 0 saturated carbocycles. The number of carboxylic acids is 1. The Bertz CT molecular complexity index is 2310. The van der Waals surface area contributed by atoms with Crippen LogP contribution in [0.25, 0.3) is 0 Å². The van der Waals surface area contributed by atoms with Crippen LogP contribution >= 0.6 is 0 Å². The van der Waals surface area contributed by atoms with Crippen molar-refractivity contribution < 1.29 is 62.6 Å². The molecule has 0 radical (unpaired) electrons.